The van der Waals surface area contributed by atoms with Gasteiger partial charge in [-0.25, -0.2) is 8.78 Å². The van der Waals surface area contributed by atoms with Crippen molar-refractivity contribution in [2.24, 2.45) is 5.92 Å². The van der Waals surface area contributed by atoms with Crippen LogP contribution in [0.15, 0.2) is 24.3 Å². The topological polar surface area (TPSA) is 46.5 Å². The molecule has 1 atom stereocenters. The number of aromatic hydroxyl groups is 1. The molecule has 21 heavy (non-hydrogen) atoms. The van der Waals surface area contributed by atoms with Crippen LogP contribution in [0.3, 0.4) is 0 Å². The van der Waals surface area contributed by atoms with Crippen molar-refractivity contribution >= 4 is 11.5 Å². The van der Waals surface area contributed by atoms with Crippen molar-refractivity contribution in [2.75, 3.05) is 6.61 Å². The molecule has 5 heteroatoms. The molecule has 1 aromatic carbocycles. The molecule has 0 heterocycles. The normalized spacial score (nSPS) is 18.5. The maximum Gasteiger partial charge on any atom is 0.309 e. The first-order valence-electron chi connectivity index (χ1n) is 7.00. The highest BCUT2D eigenvalue weighted by atomic mass is 19.3. The van der Waals surface area contributed by atoms with Gasteiger partial charge in [0.1, 0.15) is 5.75 Å². The molecular weight excluding hydrogens is 278 g/mol. The smallest absolute Gasteiger partial charge is 0.309 e. The fourth-order valence-corrected chi connectivity index (χ4v) is 2.57. The van der Waals surface area contributed by atoms with Gasteiger partial charge in [0.05, 0.1) is 12.5 Å². The number of alkyl halides is 2. The summed E-state index contributed by atoms with van der Waals surface area (Å²) in [6.07, 6.45) is 0.776. The lowest BCUT2D eigenvalue weighted by molar-refractivity contribution is -0.148. The van der Waals surface area contributed by atoms with Gasteiger partial charge in [0.2, 0.25) is 0 Å². The molecule has 0 amide bonds. The second-order valence-corrected chi connectivity index (χ2v) is 5.02. The Balaban J connectivity index is 2.21. The van der Waals surface area contributed by atoms with E-state index in [9.17, 15) is 18.7 Å². The van der Waals surface area contributed by atoms with Crippen molar-refractivity contribution < 1.29 is 23.4 Å². The van der Waals surface area contributed by atoms with Crippen LogP contribution < -0.4 is 0 Å². The lowest BCUT2D eigenvalue weighted by Gasteiger charge is -2.22. The SMILES string of the molecule is CCOC(=O)C1CC=C(c2cc(O)ccc2C(F)F)CC1. The highest BCUT2D eigenvalue weighted by Crippen LogP contribution is 2.37. The summed E-state index contributed by atoms with van der Waals surface area (Å²) < 4.78 is 31.0. The van der Waals surface area contributed by atoms with Crippen molar-refractivity contribution in [3.8, 4) is 5.75 Å². The van der Waals surface area contributed by atoms with Crippen molar-refractivity contribution in [1.82, 2.24) is 0 Å². The van der Waals surface area contributed by atoms with E-state index in [1.54, 1.807) is 13.0 Å². The van der Waals surface area contributed by atoms with Gasteiger partial charge < -0.3 is 9.84 Å². The van der Waals surface area contributed by atoms with Crippen LogP contribution in [0, 0.1) is 5.92 Å². The third-order valence-corrected chi connectivity index (χ3v) is 3.65. The summed E-state index contributed by atoms with van der Waals surface area (Å²) in [6.45, 7) is 2.09. The minimum absolute atomic E-state index is 0.0391. The Bertz CT molecular complexity index is 552. The number of carbonyl (C=O) groups excluding carboxylic acids is 1. The maximum absolute atomic E-state index is 13.0. The van der Waals surface area contributed by atoms with E-state index in [0.717, 1.165) is 5.57 Å². The van der Waals surface area contributed by atoms with Gasteiger partial charge in [0, 0.05) is 5.56 Å². The highest BCUT2D eigenvalue weighted by Gasteiger charge is 2.25. The number of phenols is 1. The fourth-order valence-electron chi connectivity index (χ4n) is 2.57. The quantitative estimate of drug-likeness (QED) is 0.852. The number of benzene rings is 1. The Morgan fingerprint density at radius 1 is 1.48 bits per heavy atom. The van der Waals surface area contributed by atoms with Crippen LogP contribution in [0.4, 0.5) is 8.78 Å². The summed E-state index contributed by atoms with van der Waals surface area (Å²) in [7, 11) is 0. The first kappa shape index (κ1) is 15.5. The minimum atomic E-state index is -2.59. The van der Waals surface area contributed by atoms with E-state index in [4.69, 9.17) is 4.74 Å². The van der Waals surface area contributed by atoms with Crippen LogP contribution in [-0.2, 0) is 9.53 Å². The third kappa shape index (κ3) is 3.60. The van der Waals surface area contributed by atoms with Crippen LogP contribution in [-0.4, -0.2) is 17.7 Å². The van der Waals surface area contributed by atoms with E-state index >= 15 is 0 Å². The van der Waals surface area contributed by atoms with Crippen LogP contribution in [0.25, 0.3) is 5.57 Å². The van der Waals surface area contributed by atoms with Crippen LogP contribution in [0.5, 0.6) is 5.75 Å². The van der Waals surface area contributed by atoms with E-state index in [0.29, 0.717) is 31.4 Å². The molecule has 114 valence electrons. The average Bonchev–Trinajstić information content (AvgIpc) is 2.47. The van der Waals surface area contributed by atoms with Crippen LogP contribution >= 0.6 is 0 Å². The number of hydrogen-bond acceptors (Lipinski definition) is 3. The zero-order valence-electron chi connectivity index (χ0n) is 11.8. The Labute approximate surface area is 122 Å². The molecule has 2 rings (SSSR count). The fraction of sp³-hybridized carbons (Fsp3) is 0.438. The van der Waals surface area contributed by atoms with Crippen molar-refractivity contribution in [1.29, 1.82) is 0 Å². The number of esters is 1. The summed E-state index contributed by atoms with van der Waals surface area (Å²) in [4.78, 5) is 11.7. The van der Waals surface area contributed by atoms with E-state index in [2.05, 4.69) is 0 Å². The maximum atomic E-state index is 13.0. The van der Waals surface area contributed by atoms with Gasteiger partial charge in [-0.2, -0.15) is 0 Å². The van der Waals surface area contributed by atoms with E-state index in [1.165, 1.54) is 18.2 Å². The molecule has 1 N–H and O–H groups in total. The highest BCUT2D eigenvalue weighted by molar-refractivity contribution is 5.76. The lowest BCUT2D eigenvalue weighted by atomic mass is 9.85. The first-order valence-corrected chi connectivity index (χ1v) is 7.00. The Kier molecular flexibility index (Phi) is 4.94. The van der Waals surface area contributed by atoms with Gasteiger partial charge in [-0.15, -0.1) is 0 Å². The van der Waals surface area contributed by atoms with Crippen molar-refractivity contribution in [3.63, 3.8) is 0 Å². The Morgan fingerprint density at radius 3 is 2.81 bits per heavy atom. The third-order valence-electron chi connectivity index (χ3n) is 3.65. The van der Waals surface area contributed by atoms with E-state index < -0.39 is 6.43 Å². The molecular formula is C16H18F2O3. The molecule has 1 aliphatic rings. The number of ether oxygens (including phenoxy) is 1. The summed E-state index contributed by atoms with van der Waals surface area (Å²) in [5.41, 5.74) is 1.03. The molecule has 1 unspecified atom stereocenters. The first-order chi connectivity index (χ1) is 10.0. The molecule has 0 aromatic heterocycles. The second kappa shape index (κ2) is 6.70. The largest absolute Gasteiger partial charge is 0.508 e. The number of allylic oxidation sites excluding steroid dienone is 2. The zero-order chi connectivity index (χ0) is 15.4. The predicted octanol–water partition coefficient (Wildman–Crippen LogP) is 4.08. The molecule has 0 radical (unpaired) electrons. The van der Waals surface area contributed by atoms with Gasteiger partial charge in [-0.05, 0) is 55.5 Å². The molecule has 3 nitrogen and oxygen atoms in total. The molecule has 0 saturated heterocycles. The number of rotatable bonds is 4. The standard InChI is InChI=1S/C16H18F2O3/c1-2-21-16(20)11-5-3-10(4-6-11)14-9-12(19)7-8-13(14)15(17)18/h3,7-9,11,15,19H,2,4-6H2,1H3. The molecule has 0 fully saturated rings. The van der Waals surface area contributed by atoms with Gasteiger partial charge in [-0.3, -0.25) is 4.79 Å². The summed E-state index contributed by atoms with van der Waals surface area (Å²) in [6, 6.07) is 3.86. The molecule has 1 aromatic rings. The predicted molar refractivity (Wildman–Crippen MR) is 75.0 cm³/mol. The minimum Gasteiger partial charge on any atom is -0.508 e. The van der Waals surface area contributed by atoms with Crippen LogP contribution in [0.2, 0.25) is 0 Å². The number of hydrogen-bond donors (Lipinski definition) is 1. The number of halogens is 2. The molecule has 0 saturated carbocycles. The molecule has 0 aliphatic heterocycles. The molecule has 0 bridgehead atoms. The average molecular weight is 296 g/mol. The Morgan fingerprint density at radius 2 is 2.24 bits per heavy atom. The zero-order valence-corrected chi connectivity index (χ0v) is 11.8. The lowest BCUT2D eigenvalue weighted by Crippen LogP contribution is -2.19. The van der Waals surface area contributed by atoms with Gasteiger partial charge >= 0.3 is 5.97 Å². The number of phenolic OH excluding ortho intramolecular Hbond substituents is 1. The summed E-state index contributed by atoms with van der Waals surface area (Å²) >= 11 is 0. The van der Waals surface area contributed by atoms with Crippen molar-refractivity contribution in [2.45, 2.75) is 32.6 Å². The molecule has 1 aliphatic carbocycles. The van der Waals surface area contributed by atoms with Gasteiger partial charge in [-0.1, -0.05) is 6.08 Å². The molecule has 0 spiro atoms. The van der Waals surface area contributed by atoms with Gasteiger partial charge in [0.25, 0.3) is 6.43 Å². The summed E-state index contributed by atoms with van der Waals surface area (Å²) in [5, 5.41) is 9.51. The second-order valence-electron chi connectivity index (χ2n) is 5.02. The van der Waals surface area contributed by atoms with Crippen LogP contribution in [0.1, 0.15) is 43.7 Å². The van der Waals surface area contributed by atoms with E-state index in [1.807, 2.05) is 0 Å². The Hall–Kier alpha value is -1.91. The van der Waals surface area contributed by atoms with Gasteiger partial charge in [0.15, 0.2) is 0 Å². The number of carbonyl (C=O) groups is 1. The monoisotopic (exact) mass is 296 g/mol. The van der Waals surface area contributed by atoms with Crippen molar-refractivity contribution in [3.05, 3.63) is 35.4 Å². The summed E-state index contributed by atoms with van der Waals surface area (Å²) in [5.74, 6) is -0.485. The van der Waals surface area contributed by atoms with E-state index in [-0.39, 0.29) is 23.2 Å².